The molecule has 1 fully saturated rings. The fourth-order valence-corrected chi connectivity index (χ4v) is 4.22. The number of nitrogens with one attached hydrogen (secondary N) is 2. The van der Waals surface area contributed by atoms with Crippen molar-refractivity contribution in [3.8, 4) is 5.69 Å². The quantitative estimate of drug-likeness (QED) is 0.867. The molecule has 2 N–H and O–H groups in total. The summed E-state index contributed by atoms with van der Waals surface area (Å²) >= 11 is 1.94. The average molecular weight is 346 g/mol. The van der Waals surface area contributed by atoms with Gasteiger partial charge < -0.3 is 10.3 Å². The zero-order valence-corrected chi connectivity index (χ0v) is 14.7. The number of H-pyrrole nitrogens is 1. The number of carbonyl (C=O) groups is 1. The summed E-state index contributed by atoms with van der Waals surface area (Å²) in [5, 5.41) is 2.92. The maximum absolute atomic E-state index is 12.3. The lowest BCUT2D eigenvalue weighted by Crippen LogP contribution is -2.38. The van der Waals surface area contributed by atoms with Gasteiger partial charge in [0.05, 0.1) is 12.2 Å². The molecular formula is C17H22N4O2S. The van der Waals surface area contributed by atoms with E-state index in [1.165, 1.54) is 5.75 Å². The normalized spacial score (nSPS) is 17.4. The molecule has 7 heteroatoms. The Hall–Kier alpha value is -1.99. The number of carbonyl (C=O) groups excluding carboxylic acids is 1. The first-order valence-electron chi connectivity index (χ1n) is 8.00. The molecule has 128 valence electrons. The minimum Gasteiger partial charge on any atom is -0.325 e. The van der Waals surface area contributed by atoms with Gasteiger partial charge in [-0.3, -0.25) is 14.3 Å². The number of thioether (sulfide) groups is 1. The molecule has 6 nitrogen and oxygen atoms in total. The number of aromatic nitrogens is 2. The first-order chi connectivity index (χ1) is 11.5. The molecule has 0 bridgehead atoms. The summed E-state index contributed by atoms with van der Waals surface area (Å²) in [6.45, 7) is 2.23. The van der Waals surface area contributed by atoms with Crippen molar-refractivity contribution >= 4 is 23.4 Å². The number of benzene rings is 1. The molecule has 24 heavy (non-hydrogen) atoms. The van der Waals surface area contributed by atoms with Crippen LogP contribution >= 0.6 is 11.8 Å². The van der Waals surface area contributed by atoms with Gasteiger partial charge in [0, 0.05) is 29.4 Å². The number of aromatic amines is 1. The summed E-state index contributed by atoms with van der Waals surface area (Å²) < 4.78 is 1.58. The van der Waals surface area contributed by atoms with Crippen molar-refractivity contribution in [1.82, 2.24) is 14.5 Å². The van der Waals surface area contributed by atoms with Gasteiger partial charge in [0.25, 0.3) is 0 Å². The molecule has 1 unspecified atom stereocenters. The second-order valence-electron chi connectivity index (χ2n) is 6.10. The van der Waals surface area contributed by atoms with Crippen LogP contribution in [0.15, 0.2) is 35.3 Å². The van der Waals surface area contributed by atoms with E-state index >= 15 is 0 Å². The van der Waals surface area contributed by atoms with Crippen molar-refractivity contribution in [2.75, 3.05) is 30.4 Å². The summed E-state index contributed by atoms with van der Waals surface area (Å²) in [6.07, 6.45) is 2.81. The van der Waals surface area contributed by atoms with Crippen LogP contribution in [0.25, 0.3) is 5.69 Å². The van der Waals surface area contributed by atoms with Crippen molar-refractivity contribution in [2.24, 2.45) is 0 Å². The van der Waals surface area contributed by atoms with Crippen LogP contribution in [0.2, 0.25) is 0 Å². The van der Waals surface area contributed by atoms with Gasteiger partial charge in [0.15, 0.2) is 0 Å². The van der Waals surface area contributed by atoms with Gasteiger partial charge in [0.2, 0.25) is 5.91 Å². The van der Waals surface area contributed by atoms with E-state index in [0.29, 0.717) is 18.3 Å². The number of nitrogens with zero attached hydrogens (tertiary/aromatic N) is 2. The number of amides is 1. The number of likely N-dealkylation sites (N-methyl/N-ethyl adjacent to an activating group) is 1. The third kappa shape index (κ3) is 3.73. The third-order valence-electron chi connectivity index (χ3n) is 4.27. The highest BCUT2D eigenvalue weighted by atomic mass is 32.2. The molecule has 2 heterocycles. The van der Waals surface area contributed by atoms with E-state index in [2.05, 4.69) is 15.2 Å². The van der Waals surface area contributed by atoms with E-state index < -0.39 is 0 Å². The van der Waals surface area contributed by atoms with E-state index in [1.807, 2.05) is 50.0 Å². The van der Waals surface area contributed by atoms with Crippen LogP contribution in [0.3, 0.4) is 0 Å². The Balaban J connectivity index is 1.68. The van der Waals surface area contributed by atoms with Gasteiger partial charge >= 0.3 is 5.69 Å². The predicted molar refractivity (Wildman–Crippen MR) is 98.1 cm³/mol. The van der Waals surface area contributed by atoms with Crippen LogP contribution in [-0.2, 0) is 4.79 Å². The lowest BCUT2D eigenvalue weighted by molar-refractivity contribution is -0.117. The molecule has 1 aromatic carbocycles. The Labute approximate surface area is 145 Å². The van der Waals surface area contributed by atoms with E-state index in [-0.39, 0.29) is 11.6 Å². The van der Waals surface area contributed by atoms with Gasteiger partial charge in [-0.25, -0.2) is 4.79 Å². The minimum absolute atomic E-state index is 0.0373. The van der Waals surface area contributed by atoms with E-state index in [1.54, 1.807) is 10.8 Å². The van der Waals surface area contributed by atoms with Crippen LogP contribution in [0, 0.1) is 6.92 Å². The second kappa shape index (κ2) is 7.27. The van der Waals surface area contributed by atoms with Crippen molar-refractivity contribution in [2.45, 2.75) is 19.4 Å². The Kier molecular flexibility index (Phi) is 5.11. The molecule has 1 aliphatic heterocycles. The van der Waals surface area contributed by atoms with Gasteiger partial charge in [-0.1, -0.05) is 6.07 Å². The topological polar surface area (TPSA) is 70.1 Å². The molecule has 1 aliphatic rings. The third-order valence-corrected chi connectivity index (χ3v) is 5.42. The summed E-state index contributed by atoms with van der Waals surface area (Å²) in [4.78, 5) is 28.9. The van der Waals surface area contributed by atoms with Crippen molar-refractivity contribution in [3.05, 3.63) is 46.6 Å². The SMILES string of the molecule is Cc1c[nH]c(=O)n1-c1cccc(NC(=O)CN(C)C2CCSC2)c1. The van der Waals surface area contributed by atoms with E-state index in [9.17, 15) is 9.59 Å². The maximum Gasteiger partial charge on any atom is 0.330 e. The van der Waals surface area contributed by atoms with Crippen molar-refractivity contribution in [1.29, 1.82) is 0 Å². The molecule has 0 radical (unpaired) electrons. The monoisotopic (exact) mass is 346 g/mol. The highest BCUT2D eigenvalue weighted by molar-refractivity contribution is 7.99. The maximum atomic E-state index is 12.3. The van der Waals surface area contributed by atoms with Crippen molar-refractivity contribution in [3.63, 3.8) is 0 Å². The van der Waals surface area contributed by atoms with Crippen LogP contribution in [0.4, 0.5) is 5.69 Å². The molecule has 0 spiro atoms. The first-order valence-corrected chi connectivity index (χ1v) is 9.15. The molecule has 1 atom stereocenters. The largest absolute Gasteiger partial charge is 0.330 e. The molecular weight excluding hydrogens is 324 g/mol. The molecule has 1 aromatic heterocycles. The Morgan fingerprint density at radius 3 is 3.00 bits per heavy atom. The summed E-state index contributed by atoms with van der Waals surface area (Å²) in [5.41, 5.74) is 2.06. The molecule has 1 saturated heterocycles. The summed E-state index contributed by atoms with van der Waals surface area (Å²) in [5.74, 6) is 2.22. The number of rotatable bonds is 5. The minimum atomic E-state index is -0.186. The molecule has 0 saturated carbocycles. The number of imidazole rings is 1. The highest BCUT2D eigenvalue weighted by Crippen LogP contribution is 2.21. The second-order valence-corrected chi connectivity index (χ2v) is 7.25. The zero-order valence-electron chi connectivity index (χ0n) is 13.9. The summed E-state index contributed by atoms with van der Waals surface area (Å²) in [6, 6.07) is 7.81. The standard InChI is InChI=1S/C17H22N4O2S/c1-12-9-18-17(23)21(12)14-5-3-4-13(8-14)19-16(22)10-20(2)15-6-7-24-11-15/h3-5,8-9,15H,6-7,10-11H2,1-2H3,(H,18,23)(H,19,22). The van der Waals surface area contributed by atoms with Gasteiger partial charge in [0.1, 0.15) is 0 Å². The Bertz CT molecular complexity index is 777. The fraction of sp³-hybridized carbons (Fsp3) is 0.412. The van der Waals surface area contributed by atoms with E-state index in [4.69, 9.17) is 0 Å². The van der Waals surface area contributed by atoms with Gasteiger partial charge in [-0.15, -0.1) is 0 Å². The summed E-state index contributed by atoms with van der Waals surface area (Å²) in [7, 11) is 2.00. The fourth-order valence-electron chi connectivity index (χ4n) is 2.92. The van der Waals surface area contributed by atoms with Crippen LogP contribution in [0.5, 0.6) is 0 Å². The van der Waals surface area contributed by atoms with Crippen LogP contribution in [0.1, 0.15) is 12.1 Å². The number of hydrogen-bond acceptors (Lipinski definition) is 4. The van der Waals surface area contributed by atoms with Gasteiger partial charge in [-0.2, -0.15) is 11.8 Å². The first kappa shape index (κ1) is 16.9. The van der Waals surface area contributed by atoms with Crippen molar-refractivity contribution < 1.29 is 4.79 Å². The zero-order chi connectivity index (χ0) is 17.1. The predicted octanol–water partition coefficient (Wildman–Crippen LogP) is 1.85. The van der Waals surface area contributed by atoms with Crippen LogP contribution in [-0.4, -0.2) is 51.5 Å². The lowest BCUT2D eigenvalue weighted by Gasteiger charge is -2.22. The lowest BCUT2D eigenvalue weighted by atomic mass is 10.2. The Morgan fingerprint density at radius 2 is 2.33 bits per heavy atom. The number of hydrogen-bond donors (Lipinski definition) is 2. The molecule has 3 rings (SSSR count). The smallest absolute Gasteiger partial charge is 0.325 e. The van der Waals surface area contributed by atoms with E-state index in [0.717, 1.165) is 23.6 Å². The van der Waals surface area contributed by atoms with Gasteiger partial charge in [-0.05, 0) is 44.3 Å². The average Bonchev–Trinajstić information content (AvgIpc) is 3.18. The molecule has 2 aromatic rings. The highest BCUT2D eigenvalue weighted by Gasteiger charge is 2.21. The number of anilines is 1. The molecule has 0 aliphatic carbocycles. The molecule has 1 amide bonds. The Morgan fingerprint density at radius 1 is 1.50 bits per heavy atom. The number of aryl methyl sites for hydroxylation is 1. The van der Waals surface area contributed by atoms with Crippen LogP contribution < -0.4 is 11.0 Å².